The molecule has 0 aliphatic rings. The van der Waals surface area contributed by atoms with Crippen LogP contribution in [0.2, 0.25) is 0 Å². The quantitative estimate of drug-likeness (QED) is 0.662. The van der Waals surface area contributed by atoms with E-state index in [0.29, 0.717) is 18.4 Å². The third-order valence-corrected chi connectivity index (χ3v) is 2.66. The van der Waals surface area contributed by atoms with Gasteiger partial charge in [-0.2, -0.15) is 0 Å². The smallest absolute Gasteiger partial charge is 0.0816 e. The molecule has 0 aliphatic heterocycles. The Balaban J connectivity index is 4.19. The van der Waals surface area contributed by atoms with Gasteiger partial charge >= 0.3 is 0 Å². The summed E-state index contributed by atoms with van der Waals surface area (Å²) in [6.45, 7) is 11.9. The lowest BCUT2D eigenvalue weighted by molar-refractivity contribution is -0.0445. The molecular formula is C10H23NO. The van der Waals surface area contributed by atoms with Gasteiger partial charge in [0.05, 0.1) is 5.60 Å². The first-order valence-electron chi connectivity index (χ1n) is 4.88. The van der Waals surface area contributed by atoms with Crippen LogP contribution in [0.4, 0.5) is 0 Å². The molecule has 74 valence electrons. The van der Waals surface area contributed by atoms with E-state index in [9.17, 15) is 5.11 Å². The second-order valence-corrected chi connectivity index (χ2v) is 4.08. The number of hydrogen-bond donors (Lipinski definition) is 2. The van der Waals surface area contributed by atoms with Crippen LogP contribution in [0.1, 0.15) is 34.6 Å². The Kier molecular flexibility index (Phi) is 4.80. The second-order valence-electron chi connectivity index (χ2n) is 4.08. The molecule has 0 bridgehead atoms. The Labute approximate surface area is 76.4 Å². The van der Waals surface area contributed by atoms with Gasteiger partial charge in [0.2, 0.25) is 0 Å². The molecule has 0 saturated heterocycles. The molecule has 2 heteroatoms. The summed E-state index contributed by atoms with van der Waals surface area (Å²) in [7, 11) is 0. The topological polar surface area (TPSA) is 32.3 Å². The molecule has 0 rings (SSSR count). The van der Waals surface area contributed by atoms with Gasteiger partial charge in [-0.3, -0.25) is 0 Å². The van der Waals surface area contributed by atoms with Crippen LogP contribution in [0, 0.1) is 11.8 Å². The number of aliphatic hydroxyl groups is 1. The Morgan fingerprint density at radius 3 is 1.83 bits per heavy atom. The van der Waals surface area contributed by atoms with Crippen LogP contribution in [0.5, 0.6) is 0 Å². The molecule has 2 nitrogen and oxygen atoms in total. The monoisotopic (exact) mass is 173 g/mol. The third kappa shape index (κ3) is 2.76. The van der Waals surface area contributed by atoms with Gasteiger partial charge in [0.1, 0.15) is 0 Å². The van der Waals surface area contributed by atoms with Crippen molar-refractivity contribution < 1.29 is 5.11 Å². The molecule has 0 radical (unpaired) electrons. The van der Waals surface area contributed by atoms with Crippen molar-refractivity contribution >= 4 is 0 Å². The SMILES string of the molecule is CCNCC(O)(C(C)C)C(C)C. The summed E-state index contributed by atoms with van der Waals surface area (Å²) in [6.07, 6.45) is 0. The minimum absolute atomic E-state index is 0.302. The lowest BCUT2D eigenvalue weighted by Crippen LogP contribution is -2.49. The number of nitrogens with one attached hydrogen (secondary N) is 1. The summed E-state index contributed by atoms with van der Waals surface area (Å²) >= 11 is 0. The van der Waals surface area contributed by atoms with Crippen molar-refractivity contribution in [1.82, 2.24) is 5.32 Å². The molecule has 0 aromatic heterocycles. The van der Waals surface area contributed by atoms with Gasteiger partial charge in [0.15, 0.2) is 0 Å². The fourth-order valence-corrected chi connectivity index (χ4v) is 1.40. The average Bonchev–Trinajstić information content (AvgIpc) is 1.99. The average molecular weight is 173 g/mol. The lowest BCUT2D eigenvalue weighted by atomic mass is 9.80. The number of likely N-dealkylation sites (N-methyl/N-ethyl adjacent to an activating group) is 1. The van der Waals surface area contributed by atoms with E-state index in [-0.39, 0.29) is 0 Å². The number of rotatable bonds is 5. The molecule has 0 fully saturated rings. The molecule has 0 aromatic carbocycles. The predicted octanol–water partition coefficient (Wildman–Crippen LogP) is 1.64. The summed E-state index contributed by atoms with van der Waals surface area (Å²) in [4.78, 5) is 0. The van der Waals surface area contributed by atoms with Crippen molar-refractivity contribution in [2.24, 2.45) is 11.8 Å². The van der Waals surface area contributed by atoms with E-state index in [1.807, 2.05) is 0 Å². The zero-order valence-electron chi connectivity index (χ0n) is 9.02. The normalized spacial score (nSPS) is 13.0. The van der Waals surface area contributed by atoms with Crippen molar-refractivity contribution in [1.29, 1.82) is 0 Å². The first kappa shape index (κ1) is 11.9. The van der Waals surface area contributed by atoms with E-state index in [1.54, 1.807) is 0 Å². The first-order chi connectivity index (χ1) is 5.45. The minimum Gasteiger partial charge on any atom is -0.388 e. The summed E-state index contributed by atoms with van der Waals surface area (Å²) in [5.41, 5.74) is -0.560. The summed E-state index contributed by atoms with van der Waals surface area (Å²) in [6, 6.07) is 0. The van der Waals surface area contributed by atoms with Gasteiger partial charge in [-0.1, -0.05) is 34.6 Å². The van der Waals surface area contributed by atoms with Crippen molar-refractivity contribution in [3.63, 3.8) is 0 Å². The van der Waals surface area contributed by atoms with Gasteiger partial charge in [0.25, 0.3) is 0 Å². The molecule has 0 unspecified atom stereocenters. The largest absolute Gasteiger partial charge is 0.388 e. The standard InChI is InChI=1S/C10H23NO/c1-6-11-7-10(12,8(2)3)9(4)5/h8-9,11-12H,6-7H2,1-5H3. The highest BCUT2D eigenvalue weighted by atomic mass is 16.3. The van der Waals surface area contributed by atoms with Crippen molar-refractivity contribution in [3.8, 4) is 0 Å². The zero-order chi connectivity index (χ0) is 9.78. The van der Waals surface area contributed by atoms with E-state index in [4.69, 9.17) is 0 Å². The highest BCUT2D eigenvalue weighted by Crippen LogP contribution is 2.24. The van der Waals surface area contributed by atoms with Crippen LogP contribution >= 0.6 is 0 Å². The first-order valence-corrected chi connectivity index (χ1v) is 4.88. The van der Waals surface area contributed by atoms with Gasteiger partial charge in [-0.25, -0.2) is 0 Å². The molecule has 0 atom stereocenters. The molecular weight excluding hydrogens is 150 g/mol. The van der Waals surface area contributed by atoms with Crippen LogP contribution in [0.15, 0.2) is 0 Å². The van der Waals surface area contributed by atoms with Crippen molar-refractivity contribution in [2.45, 2.75) is 40.2 Å². The zero-order valence-corrected chi connectivity index (χ0v) is 9.02. The third-order valence-electron chi connectivity index (χ3n) is 2.66. The lowest BCUT2D eigenvalue weighted by Gasteiger charge is -2.36. The highest BCUT2D eigenvalue weighted by Gasteiger charge is 2.33. The van der Waals surface area contributed by atoms with Crippen LogP contribution in [0.3, 0.4) is 0 Å². The Morgan fingerprint density at radius 1 is 1.17 bits per heavy atom. The minimum atomic E-state index is -0.560. The van der Waals surface area contributed by atoms with Crippen LogP contribution in [-0.4, -0.2) is 23.8 Å². The molecule has 0 aromatic rings. The Hall–Kier alpha value is -0.0800. The fourth-order valence-electron chi connectivity index (χ4n) is 1.40. The van der Waals surface area contributed by atoms with Crippen LogP contribution in [0.25, 0.3) is 0 Å². The van der Waals surface area contributed by atoms with Crippen LogP contribution < -0.4 is 5.32 Å². The molecule has 0 spiro atoms. The Bertz CT molecular complexity index is 113. The van der Waals surface area contributed by atoms with Crippen molar-refractivity contribution in [2.75, 3.05) is 13.1 Å². The number of hydrogen-bond acceptors (Lipinski definition) is 2. The van der Waals surface area contributed by atoms with E-state index < -0.39 is 5.60 Å². The fraction of sp³-hybridized carbons (Fsp3) is 1.00. The van der Waals surface area contributed by atoms with E-state index >= 15 is 0 Å². The van der Waals surface area contributed by atoms with Gasteiger partial charge in [0, 0.05) is 6.54 Å². The molecule has 0 heterocycles. The summed E-state index contributed by atoms with van der Waals surface area (Å²) in [5, 5.41) is 13.4. The maximum absolute atomic E-state index is 10.2. The summed E-state index contributed by atoms with van der Waals surface area (Å²) < 4.78 is 0. The second kappa shape index (κ2) is 4.83. The van der Waals surface area contributed by atoms with Crippen molar-refractivity contribution in [3.05, 3.63) is 0 Å². The maximum atomic E-state index is 10.2. The van der Waals surface area contributed by atoms with Gasteiger partial charge in [-0.05, 0) is 18.4 Å². The van der Waals surface area contributed by atoms with Crippen LogP contribution in [-0.2, 0) is 0 Å². The Morgan fingerprint density at radius 2 is 1.58 bits per heavy atom. The highest BCUT2D eigenvalue weighted by molar-refractivity contribution is 4.87. The molecule has 2 N–H and O–H groups in total. The molecule has 0 saturated carbocycles. The van der Waals surface area contributed by atoms with E-state index in [1.165, 1.54) is 0 Å². The predicted molar refractivity (Wildman–Crippen MR) is 53.2 cm³/mol. The van der Waals surface area contributed by atoms with Gasteiger partial charge < -0.3 is 10.4 Å². The molecule has 0 aliphatic carbocycles. The molecule has 0 amide bonds. The molecule has 12 heavy (non-hydrogen) atoms. The summed E-state index contributed by atoms with van der Waals surface area (Å²) in [5.74, 6) is 0.605. The van der Waals surface area contributed by atoms with E-state index in [2.05, 4.69) is 39.9 Å². The van der Waals surface area contributed by atoms with E-state index in [0.717, 1.165) is 6.54 Å². The maximum Gasteiger partial charge on any atom is 0.0816 e. The van der Waals surface area contributed by atoms with Gasteiger partial charge in [-0.15, -0.1) is 0 Å².